The Bertz CT molecular complexity index is 653. The molecule has 0 bridgehead atoms. The Morgan fingerprint density at radius 2 is 1.75 bits per heavy atom. The number of non-ortho nitro benzene ring substituents is 1. The number of hydrogen-bond donors (Lipinski definition) is 1. The fraction of sp³-hybridized carbons (Fsp3) is 0.0714. The van der Waals surface area contributed by atoms with Gasteiger partial charge in [0.1, 0.15) is 0 Å². The standard InChI is InChI=1S/C14H13N3O3/c1-10-4-2-3-5-13(10)16(14(15)18)11-6-8-12(9-7-11)17(19)20/h2-9H,1H3,(H2,15,18). The van der Waals surface area contributed by atoms with Gasteiger partial charge in [0.25, 0.3) is 5.69 Å². The summed E-state index contributed by atoms with van der Waals surface area (Å²) in [5.41, 5.74) is 7.39. The number of hydrogen-bond acceptors (Lipinski definition) is 3. The molecule has 0 aliphatic rings. The Morgan fingerprint density at radius 3 is 2.25 bits per heavy atom. The van der Waals surface area contributed by atoms with Gasteiger partial charge in [-0.15, -0.1) is 0 Å². The molecule has 0 saturated carbocycles. The largest absolute Gasteiger partial charge is 0.351 e. The van der Waals surface area contributed by atoms with Crippen LogP contribution in [-0.2, 0) is 0 Å². The highest BCUT2D eigenvalue weighted by Crippen LogP contribution is 2.29. The Balaban J connectivity index is 2.47. The molecule has 2 amide bonds. The number of carbonyl (C=O) groups is 1. The van der Waals surface area contributed by atoms with Gasteiger partial charge in [0.15, 0.2) is 0 Å². The first-order chi connectivity index (χ1) is 9.50. The van der Waals surface area contributed by atoms with E-state index in [-0.39, 0.29) is 5.69 Å². The zero-order valence-corrected chi connectivity index (χ0v) is 10.8. The maximum Gasteiger partial charge on any atom is 0.323 e. The molecule has 6 heteroatoms. The third-order valence-corrected chi connectivity index (χ3v) is 2.90. The van der Waals surface area contributed by atoms with Crippen LogP contribution in [0.4, 0.5) is 21.9 Å². The molecule has 102 valence electrons. The molecule has 2 N–H and O–H groups in total. The molecular formula is C14H13N3O3. The first-order valence-electron chi connectivity index (χ1n) is 5.90. The van der Waals surface area contributed by atoms with Crippen LogP contribution in [-0.4, -0.2) is 11.0 Å². The van der Waals surface area contributed by atoms with Gasteiger partial charge in [-0.25, -0.2) is 4.79 Å². The van der Waals surface area contributed by atoms with Crippen LogP contribution in [0.15, 0.2) is 48.5 Å². The Kier molecular flexibility index (Phi) is 3.65. The van der Waals surface area contributed by atoms with Crippen LogP contribution in [0.25, 0.3) is 0 Å². The molecule has 0 atom stereocenters. The summed E-state index contributed by atoms with van der Waals surface area (Å²) in [5.74, 6) is 0. The van der Waals surface area contributed by atoms with Crippen LogP contribution in [0.5, 0.6) is 0 Å². The van der Waals surface area contributed by atoms with Crippen molar-refractivity contribution in [2.75, 3.05) is 4.90 Å². The van der Waals surface area contributed by atoms with E-state index in [9.17, 15) is 14.9 Å². The van der Waals surface area contributed by atoms with Crippen LogP contribution in [0.2, 0.25) is 0 Å². The Labute approximate surface area is 115 Å². The number of carbonyl (C=O) groups excluding carboxylic acids is 1. The molecule has 20 heavy (non-hydrogen) atoms. The lowest BCUT2D eigenvalue weighted by Gasteiger charge is -2.22. The fourth-order valence-electron chi connectivity index (χ4n) is 1.92. The lowest BCUT2D eigenvalue weighted by atomic mass is 10.1. The molecule has 0 aliphatic carbocycles. The van der Waals surface area contributed by atoms with Gasteiger partial charge < -0.3 is 5.73 Å². The minimum atomic E-state index is -0.645. The molecule has 0 spiro atoms. The number of benzene rings is 2. The van der Waals surface area contributed by atoms with Crippen molar-refractivity contribution >= 4 is 23.1 Å². The summed E-state index contributed by atoms with van der Waals surface area (Å²) < 4.78 is 0. The Morgan fingerprint density at radius 1 is 1.15 bits per heavy atom. The van der Waals surface area contributed by atoms with Gasteiger partial charge in [-0.1, -0.05) is 18.2 Å². The molecule has 0 fully saturated rings. The van der Waals surface area contributed by atoms with Gasteiger partial charge in [-0.3, -0.25) is 15.0 Å². The predicted molar refractivity (Wildman–Crippen MR) is 76.0 cm³/mol. The van der Waals surface area contributed by atoms with Crippen LogP contribution < -0.4 is 10.6 Å². The summed E-state index contributed by atoms with van der Waals surface area (Å²) in [6.45, 7) is 1.86. The number of primary amides is 1. The summed E-state index contributed by atoms with van der Waals surface area (Å²) >= 11 is 0. The van der Waals surface area contributed by atoms with Crippen molar-refractivity contribution < 1.29 is 9.72 Å². The maximum atomic E-state index is 11.7. The molecule has 0 heterocycles. The maximum absolute atomic E-state index is 11.7. The first kappa shape index (κ1) is 13.5. The highest BCUT2D eigenvalue weighted by molar-refractivity contribution is 5.99. The molecule has 0 aromatic heterocycles. The zero-order chi connectivity index (χ0) is 14.7. The van der Waals surface area contributed by atoms with Crippen molar-refractivity contribution in [2.45, 2.75) is 6.92 Å². The smallest absolute Gasteiger partial charge is 0.323 e. The normalized spacial score (nSPS) is 10.1. The quantitative estimate of drug-likeness (QED) is 0.687. The molecular weight excluding hydrogens is 258 g/mol. The minimum Gasteiger partial charge on any atom is -0.351 e. The summed E-state index contributed by atoms with van der Waals surface area (Å²) in [6.07, 6.45) is 0. The fourth-order valence-corrected chi connectivity index (χ4v) is 1.92. The van der Waals surface area contributed by atoms with E-state index >= 15 is 0 Å². The van der Waals surface area contributed by atoms with E-state index < -0.39 is 11.0 Å². The number of rotatable bonds is 3. The van der Waals surface area contributed by atoms with E-state index in [0.717, 1.165) is 5.56 Å². The van der Waals surface area contributed by atoms with E-state index in [4.69, 9.17) is 5.73 Å². The van der Waals surface area contributed by atoms with Crippen LogP contribution >= 0.6 is 0 Å². The van der Waals surface area contributed by atoms with Gasteiger partial charge in [0.05, 0.1) is 16.3 Å². The van der Waals surface area contributed by atoms with Crippen molar-refractivity contribution in [3.8, 4) is 0 Å². The molecule has 0 unspecified atom stereocenters. The number of nitro groups is 1. The average Bonchev–Trinajstić information content (AvgIpc) is 2.41. The second kappa shape index (κ2) is 5.40. The predicted octanol–water partition coefficient (Wildman–Crippen LogP) is 3.12. The van der Waals surface area contributed by atoms with E-state index in [0.29, 0.717) is 11.4 Å². The highest BCUT2D eigenvalue weighted by atomic mass is 16.6. The van der Waals surface area contributed by atoms with Gasteiger partial charge in [-0.2, -0.15) is 0 Å². The second-order valence-corrected chi connectivity index (χ2v) is 4.23. The number of nitrogens with two attached hydrogens (primary N) is 1. The van der Waals surface area contributed by atoms with E-state index in [1.54, 1.807) is 12.1 Å². The van der Waals surface area contributed by atoms with Gasteiger partial charge in [0.2, 0.25) is 0 Å². The topological polar surface area (TPSA) is 89.5 Å². The third-order valence-electron chi connectivity index (χ3n) is 2.90. The number of nitrogens with zero attached hydrogens (tertiary/aromatic N) is 2. The number of urea groups is 1. The van der Waals surface area contributed by atoms with Crippen molar-refractivity contribution in [3.63, 3.8) is 0 Å². The number of para-hydroxylation sites is 1. The zero-order valence-electron chi connectivity index (χ0n) is 10.8. The lowest BCUT2D eigenvalue weighted by molar-refractivity contribution is -0.384. The van der Waals surface area contributed by atoms with Crippen molar-refractivity contribution in [2.24, 2.45) is 5.73 Å². The van der Waals surface area contributed by atoms with Crippen LogP contribution in [0, 0.1) is 17.0 Å². The van der Waals surface area contributed by atoms with Crippen LogP contribution in [0.1, 0.15) is 5.56 Å². The summed E-state index contributed by atoms with van der Waals surface area (Å²) in [4.78, 5) is 23.2. The van der Waals surface area contributed by atoms with Gasteiger partial charge in [0, 0.05) is 12.1 Å². The summed E-state index contributed by atoms with van der Waals surface area (Å²) in [7, 11) is 0. The highest BCUT2D eigenvalue weighted by Gasteiger charge is 2.17. The number of anilines is 2. The summed E-state index contributed by atoms with van der Waals surface area (Å²) in [5, 5.41) is 10.6. The molecule has 2 aromatic rings. The monoisotopic (exact) mass is 271 g/mol. The lowest BCUT2D eigenvalue weighted by Crippen LogP contribution is -2.31. The third kappa shape index (κ3) is 2.59. The van der Waals surface area contributed by atoms with Crippen molar-refractivity contribution in [1.29, 1.82) is 0 Å². The van der Waals surface area contributed by atoms with E-state index in [2.05, 4.69) is 0 Å². The molecule has 2 rings (SSSR count). The molecule has 0 aliphatic heterocycles. The first-order valence-corrected chi connectivity index (χ1v) is 5.90. The number of nitro benzene ring substituents is 1. The Hall–Kier alpha value is -2.89. The average molecular weight is 271 g/mol. The molecule has 0 saturated heterocycles. The van der Waals surface area contributed by atoms with Crippen LogP contribution in [0.3, 0.4) is 0 Å². The minimum absolute atomic E-state index is 0.0389. The molecule has 6 nitrogen and oxygen atoms in total. The van der Waals surface area contributed by atoms with E-state index in [1.807, 2.05) is 19.1 Å². The van der Waals surface area contributed by atoms with E-state index in [1.165, 1.54) is 29.2 Å². The summed E-state index contributed by atoms with van der Waals surface area (Å²) in [6, 6.07) is 12.3. The second-order valence-electron chi connectivity index (χ2n) is 4.23. The number of aryl methyl sites for hydroxylation is 1. The molecule has 2 aromatic carbocycles. The number of amides is 2. The van der Waals surface area contributed by atoms with Crippen molar-refractivity contribution in [1.82, 2.24) is 0 Å². The van der Waals surface area contributed by atoms with Crippen molar-refractivity contribution in [3.05, 3.63) is 64.2 Å². The SMILES string of the molecule is Cc1ccccc1N(C(N)=O)c1ccc([N+](=O)[O-])cc1. The van der Waals surface area contributed by atoms with Gasteiger partial charge in [-0.05, 0) is 30.7 Å². The van der Waals surface area contributed by atoms with Gasteiger partial charge >= 0.3 is 6.03 Å². The molecule has 0 radical (unpaired) electrons.